The predicted octanol–water partition coefficient (Wildman–Crippen LogP) is 5.17. The molecule has 1 aliphatic heterocycles. The van der Waals surface area contributed by atoms with Crippen LogP contribution in [0.25, 0.3) is 11.0 Å². The first-order valence-electron chi connectivity index (χ1n) is 9.95. The second kappa shape index (κ2) is 7.83. The number of aryl methyl sites for hydroxylation is 1. The smallest absolute Gasteiger partial charge is 0.295 e. The number of ketones is 1. The van der Waals surface area contributed by atoms with Crippen molar-refractivity contribution in [1.29, 1.82) is 0 Å². The van der Waals surface area contributed by atoms with Crippen LogP contribution < -0.4 is 9.64 Å². The molecule has 1 amide bonds. The fraction of sp³-hybridized carbons (Fsp3) is 0.125. The number of fused-ring (bicyclic) bond motifs is 1. The highest BCUT2D eigenvalue weighted by molar-refractivity contribution is 6.30. The number of aromatic nitrogens is 1. The van der Waals surface area contributed by atoms with E-state index in [2.05, 4.69) is 5.16 Å². The third-order valence-corrected chi connectivity index (χ3v) is 5.70. The van der Waals surface area contributed by atoms with Gasteiger partial charge in [0.15, 0.2) is 28.7 Å². The molecule has 0 fully saturated rings. The fourth-order valence-corrected chi connectivity index (χ4v) is 4.07. The number of carbonyl (C=O) groups excluding carboxylic acids is 2. The summed E-state index contributed by atoms with van der Waals surface area (Å²) in [6.07, 6.45) is 0. The quantitative estimate of drug-likeness (QED) is 0.406. The monoisotopic (exact) mass is 464 g/mol. The van der Waals surface area contributed by atoms with E-state index in [4.69, 9.17) is 25.3 Å². The first-order chi connectivity index (χ1) is 15.9. The molecular formula is C24H17ClN2O6. The maximum atomic E-state index is 13.6. The molecule has 4 aromatic rings. The first kappa shape index (κ1) is 20.8. The molecule has 3 heterocycles. The lowest BCUT2D eigenvalue weighted by atomic mass is 9.95. The highest BCUT2D eigenvalue weighted by atomic mass is 35.5. The number of hydrogen-bond donors (Lipinski definition) is 1. The minimum Gasteiger partial charge on any atom is -0.503 e. The van der Waals surface area contributed by atoms with Gasteiger partial charge in [-0.25, -0.2) is 0 Å². The zero-order valence-electron chi connectivity index (χ0n) is 17.5. The number of amides is 1. The second-order valence-corrected chi connectivity index (χ2v) is 7.94. The Morgan fingerprint density at radius 3 is 2.61 bits per heavy atom. The maximum Gasteiger partial charge on any atom is 0.295 e. The van der Waals surface area contributed by atoms with Crippen molar-refractivity contribution in [1.82, 2.24) is 5.16 Å². The third-order valence-electron chi connectivity index (χ3n) is 5.45. The van der Waals surface area contributed by atoms with Crippen molar-refractivity contribution in [3.05, 3.63) is 88.0 Å². The van der Waals surface area contributed by atoms with Crippen molar-refractivity contribution in [3.63, 3.8) is 0 Å². The van der Waals surface area contributed by atoms with Crippen molar-refractivity contribution in [2.24, 2.45) is 0 Å². The van der Waals surface area contributed by atoms with Gasteiger partial charge in [0.2, 0.25) is 5.78 Å². The molecule has 5 rings (SSSR count). The standard InChI is InChI=1S/C24H17ClN2O6/c1-12-10-18(26-33-12)27-20(13-6-8-15(25)9-7-13)19(22(29)24(27)30)21(28)17-11-14-4-3-5-16(31-2)23(14)32-17/h3-11,20,29H,1-2H3. The number of benzene rings is 2. The Labute approximate surface area is 192 Å². The largest absolute Gasteiger partial charge is 0.503 e. The predicted molar refractivity (Wildman–Crippen MR) is 120 cm³/mol. The Hall–Kier alpha value is -4.04. The summed E-state index contributed by atoms with van der Waals surface area (Å²) in [5.41, 5.74) is 0.801. The van der Waals surface area contributed by atoms with Gasteiger partial charge in [-0.2, -0.15) is 0 Å². The molecule has 1 unspecified atom stereocenters. The molecule has 0 saturated heterocycles. The summed E-state index contributed by atoms with van der Waals surface area (Å²) in [7, 11) is 1.50. The van der Waals surface area contributed by atoms with E-state index in [9.17, 15) is 14.7 Å². The summed E-state index contributed by atoms with van der Waals surface area (Å²) in [6, 6.07) is 14.0. The highest BCUT2D eigenvalue weighted by Gasteiger charge is 2.46. The normalized spacial score (nSPS) is 16.2. The molecule has 0 radical (unpaired) electrons. The molecular weight excluding hydrogens is 448 g/mol. The molecule has 1 aliphatic rings. The molecule has 0 saturated carbocycles. The lowest BCUT2D eigenvalue weighted by Crippen LogP contribution is -2.31. The van der Waals surface area contributed by atoms with Gasteiger partial charge in [0.1, 0.15) is 5.76 Å². The summed E-state index contributed by atoms with van der Waals surface area (Å²) < 4.78 is 16.2. The van der Waals surface area contributed by atoms with Gasteiger partial charge in [0.05, 0.1) is 18.7 Å². The van der Waals surface area contributed by atoms with E-state index >= 15 is 0 Å². The van der Waals surface area contributed by atoms with E-state index in [0.717, 1.165) is 0 Å². The van der Waals surface area contributed by atoms with E-state index in [-0.39, 0.29) is 17.2 Å². The summed E-state index contributed by atoms with van der Waals surface area (Å²) in [5, 5.41) is 15.9. The summed E-state index contributed by atoms with van der Waals surface area (Å²) in [4.78, 5) is 27.9. The average Bonchev–Trinajstić information content (AvgIpc) is 3.50. The van der Waals surface area contributed by atoms with E-state index in [1.54, 1.807) is 61.5 Å². The molecule has 9 heteroatoms. The average molecular weight is 465 g/mol. The molecule has 1 atom stereocenters. The van der Waals surface area contributed by atoms with Gasteiger partial charge in [-0.05, 0) is 36.8 Å². The van der Waals surface area contributed by atoms with Crippen LogP contribution >= 0.6 is 11.6 Å². The van der Waals surface area contributed by atoms with Crippen LogP contribution in [0.2, 0.25) is 5.02 Å². The topological polar surface area (TPSA) is 106 Å². The van der Waals surface area contributed by atoms with E-state index in [0.29, 0.717) is 33.1 Å². The number of aliphatic hydroxyl groups is 1. The van der Waals surface area contributed by atoms with Crippen LogP contribution in [0, 0.1) is 6.92 Å². The number of rotatable bonds is 5. The van der Waals surface area contributed by atoms with Crippen molar-refractivity contribution in [2.75, 3.05) is 12.0 Å². The number of para-hydroxylation sites is 1. The fourth-order valence-electron chi connectivity index (χ4n) is 3.94. The van der Waals surface area contributed by atoms with Gasteiger partial charge >= 0.3 is 0 Å². The van der Waals surface area contributed by atoms with Crippen molar-refractivity contribution >= 4 is 40.1 Å². The third kappa shape index (κ3) is 3.35. The van der Waals surface area contributed by atoms with Gasteiger partial charge in [-0.3, -0.25) is 14.5 Å². The van der Waals surface area contributed by atoms with Crippen LogP contribution in [0.15, 0.2) is 74.9 Å². The molecule has 8 nitrogen and oxygen atoms in total. The van der Waals surface area contributed by atoms with Crippen LogP contribution in [-0.4, -0.2) is 29.1 Å². The van der Waals surface area contributed by atoms with Crippen molar-refractivity contribution < 1.29 is 28.4 Å². The number of hydrogen-bond acceptors (Lipinski definition) is 7. The molecule has 2 aromatic heterocycles. The molecule has 2 aromatic carbocycles. The zero-order valence-corrected chi connectivity index (χ0v) is 18.3. The Kier molecular flexibility index (Phi) is 4.94. The number of furan rings is 1. The van der Waals surface area contributed by atoms with Gasteiger partial charge in [-0.15, -0.1) is 0 Å². The van der Waals surface area contributed by atoms with Crippen LogP contribution in [-0.2, 0) is 4.79 Å². The highest BCUT2D eigenvalue weighted by Crippen LogP contribution is 2.42. The molecule has 1 N–H and O–H groups in total. The number of anilines is 1. The Balaban J connectivity index is 1.66. The van der Waals surface area contributed by atoms with Crippen LogP contribution in [0.5, 0.6) is 5.75 Å². The number of ether oxygens (including phenoxy) is 1. The van der Waals surface area contributed by atoms with E-state index < -0.39 is 23.5 Å². The molecule has 0 bridgehead atoms. The van der Waals surface area contributed by atoms with Crippen molar-refractivity contribution in [2.45, 2.75) is 13.0 Å². The first-order valence-corrected chi connectivity index (χ1v) is 10.3. The number of methoxy groups -OCH3 is 1. The Bertz CT molecular complexity index is 1430. The van der Waals surface area contributed by atoms with Gasteiger partial charge in [0.25, 0.3) is 5.91 Å². The Morgan fingerprint density at radius 2 is 1.94 bits per heavy atom. The van der Waals surface area contributed by atoms with Gasteiger partial charge < -0.3 is 18.8 Å². The SMILES string of the molecule is COc1cccc2cc(C(=O)C3=C(O)C(=O)N(c4cc(C)on4)C3c3ccc(Cl)cc3)oc12. The second-order valence-electron chi connectivity index (χ2n) is 7.51. The van der Waals surface area contributed by atoms with Gasteiger partial charge in [-0.1, -0.05) is 41.0 Å². The lowest BCUT2D eigenvalue weighted by molar-refractivity contribution is -0.117. The van der Waals surface area contributed by atoms with Crippen molar-refractivity contribution in [3.8, 4) is 5.75 Å². The lowest BCUT2D eigenvalue weighted by Gasteiger charge is -2.24. The number of halogens is 1. The van der Waals surface area contributed by atoms with Crippen LogP contribution in [0.3, 0.4) is 0 Å². The Morgan fingerprint density at radius 1 is 1.18 bits per heavy atom. The molecule has 166 valence electrons. The summed E-state index contributed by atoms with van der Waals surface area (Å²) >= 11 is 6.04. The minimum absolute atomic E-state index is 0.0407. The number of aliphatic hydroxyl groups excluding tert-OH is 1. The minimum atomic E-state index is -0.970. The molecule has 0 aliphatic carbocycles. The van der Waals surface area contributed by atoms with E-state index in [1.165, 1.54) is 12.0 Å². The molecule has 0 spiro atoms. The van der Waals surface area contributed by atoms with Gasteiger partial charge in [0, 0.05) is 16.5 Å². The number of Topliss-reactive ketones (excluding diaryl/α,β-unsaturated/α-hetero) is 1. The summed E-state index contributed by atoms with van der Waals surface area (Å²) in [6.45, 7) is 1.68. The van der Waals surface area contributed by atoms with Crippen LogP contribution in [0.1, 0.15) is 27.9 Å². The molecule has 33 heavy (non-hydrogen) atoms. The summed E-state index contributed by atoms with van der Waals surface area (Å²) in [5.74, 6) is -1.05. The number of nitrogens with zero attached hydrogens (tertiary/aromatic N) is 2. The van der Waals surface area contributed by atoms with E-state index in [1.807, 2.05) is 0 Å². The zero-order chi connectivity index (χ0) is 23.3. The van der Waals surface area contributed by atoms with Crippen LogP contribution in [0.4, 0.5) is 5.82 Å². The maximum absolute atomic E-state index is 13.6. The number of carbonyl (C=O) groups is 2.